The zero-order valence-electron chi connectivity index (χ0n) is 13.7. The van der Waals surface area contributed by atoms with Gasteiger partial charge in [0.1, 0.15) is 5.75 Å². The molecular formula is C18H22N2O3S. The quantitative estimate of drug-likeness (QED) is 0.870. The van der Waals surface area contributed by atoms with Gasteiger partial charge in [-0.1, -0.05) is 0 Å². The summed E-state index contributed by atoms with van der Waals surface area (Å²) < 4.78 is 32.9. The number of ether oxygens (including phenoxy) is 1. The molecule has 5 nitrogen and oxygen atoms in total. The first-order valence-corrected chi connectivity index (χ1v) is 9.67. The number of nitrogens with zero attached hydrogens (tertiary/aromatic N) is 1. The zero-order chi connectivity index (χ0) is 17.0. The molecule has 24 heavy (non-hydrogen) atoms. The fourth-order valence-corrected chi connectivity index (χ4v) is 3.87. The van der Waals surface area contributed by atoms with E-state index in [0.29, 0.717) is 12.3 Å². The lowest BCUT2D eigenvalue weighted by Gasteiger charge is -2.17. The van der Waals surface area contributed by atoms with Gasteiger partial charge in [0.25, 0.3) is 10.0 Å². The minimum absolute atomic E-state index is 0.263. The Morgan fingerprint density at radius 1 is 1.00 bits per heavy atom. The van der Waals surface area contributed by atoms with Crippen LogP contribution in [0, 0.1) is 0 Å². The largest absolute Gasteiger partial charge is 0.494 e. The summed E-state index contributed by atoms with van der Waals surface area (Å²) in [5.74, 6) is 0.718. The van der Waals surface area contributed by atoms with Crippen LogP contribution in [0.25, 0.3) is 0 Å². The summed E-state index contributed by atoms with van der Waals surface area (Å²) in [6, 6.07) is 13.9. The van der Waals surface area contributed by atoms with Crippen LogP contribution in [-0.2, 0) is 10.0 Å². The fraction of sp³-hybridized carbons (Fsp3) is 0.333. The summed E-state index contributed by atoms with van der Waals surface area (Å²) >= 11 is 0. The van der Waals surface area contributed by atoms with Gasteiger partial charge in [0, 0.05) is 24.5 Å². The van der Waals surface area contributed by atoms with E-state index >= 15 is 0 Å². The minimum atomic E-state index is -3.59. The molecule has 6 heteroatoms. The molecule has 0 unspecified atom stereocenters. The first-order valence-electron chi connectivity index (χ1n) is 8.19. The van der Waals surface area contributed by atoms with Crippen LogP contribution in [0.4, 0.5) is 11.4 Å². The summed E-state index contributed by atoms with van der Waals surface area (Å²) in [7, 11) is -3.59. The van der Waals surface area contributed by atoms with Gasteiger partial charge in [-0.3, -0.25) is 4.72 Å². The topological polar surface area (TPSA) is 58.6 Å². The summed E-state index contributed by atoms with van der Waals surface area (Å²) in [6.07, 6.45) is 2.39. The number of anilines is 2. The van der Waals surface area contributed by atoms with Gasteiger partial charge in [-0.05, 0) is 68.3 Å². The number of nitrogens with one attached hydrogen (secondary N) is 1. The van der Waals surface area contributed by atoms with E-state index in [1.54, 1.807) is 36.4 Å². The SMILES string of the molecule is CCOc1ccc(NS(=O)(=O)c2ccc(N3CCCC3)cc2)cc1. The smallest absolute Gasteiger partial charge is 0.261 e. The van der Waals surface area contributed by atoms with Crippen molar-refractivity contribution < 1.29 is 13.2 Å². The van der Waals surface area contributed by atoms with Crippen molar-refractivity contribution in [3.63, 3.8) is 0 Å². The first-order chi connectivity index (χ1) is 11.6. The van der Waals surface area contributed by atoms with Gasteiger partial charge in [-0.15, -0.1) is 0 Å². The third-order valence-electron chi connectivity index (χ3n) is 4.04. The Morgan fingerprint density at radius 2 is 1.62 bits per heavy atom. The maximum Gasteiger partial charge on any atom is 0.261 e. The summed E-state index contributed by atoms with van der Waals surface area (Å²) in [5.41, 5.74) is 1.59. The van der Waals surface area contributed by atoms with Gasteiger partial charge in [0.15, 0.2) is 0 Å². The molecule has 1 fully saturated rings. The fourth-order valence-electron chi connectivity index (χ4n) is 2.81. The van der Waals surface area contributed by atoms with Crippen LogP contribution in [0.2, 0.25) is 0 Å². The normalized spacial score (nSPS) is 14.6. The minimum Gasteiger partial charge on any atom is -0.494 e. The van der Waals surface area contributed by atoms with E-state index in [4.69, 9.17) is 4.74 Å². The average Bonchev–Trinajstić information content (AvgIpc) is 3.11. The second-order valence-corrected chi connectivity index (χ2v) is 7.43. The van der Waals surface area contributed by atoms with E-state index in [1.165, 1.54) is 12.8 Å². The first kappa shape index (κ1) is 16.6. The monoisotopic (exact) mass is 346 g/mol. The molecule has 1 aliphatic rings. The molecule has 128 valence electrons. The van der Waals surface area contributed by atoms with Gasteiger partial charge in [-0.2, -0.15) is 0 Å². The van der Waals surface area contributed by atoms with E-state index in [-0.39, 0.29) is 4.90 Å². The van der Waals surface area contributed by atoms with Crippen LogP contribution in [0.5, 0.6) is 5.75 Å². The third-order valence-corrected chi connectivity index (χ3v) is 5.43. The van der Waals surface area contributed by atoms with E-state index in [1.807, 2.05) is 19.1 Å². The van der Waals surface area contributed by atoms with Crippen LogP contribution in [-0.4, -0.2) is 28.1 Å². The van der Waals surface area contributed by atoms with Crippen molar-refractivity contribution in [2.45, 2.75) is 24.7 Å². The molecule has 0 radical (unpaired) electrons. The molecule has 1 aliphatic heterocycles. The number of hydrogen-bond acceptors (Lipinski definition) is 4. The van der Waals surface area contributed by atoms with Gasteiger partial charge >= 0.3 is 0 Å². The molecule has 0 aliphatic carbocycles. The predicted octanol–water partition coefficient (Wildman–Crippen LogP) is 3.49. The van der Waals surface area contributed by atoms with Crippen LogP contribution in [0.1, 0.15) is 19.8 Å². The lowest BCUT2D eigenvalue weighted by atomic mass is 10.3. The molecular weight excluding hydrogens is 324 g/mol. The highest BCUT2D eigenvalue weighted by atomic mass is 32.2. The highest BCUT2D eigenvalue weighted by Crippen LogP contribution is 2.24. The van der Waals surface area contributed by atoms with E-state index in [2.05, 4.69) is 9.62 Å². The Labute approximate surface area is 143 Å². The number of rotatable bonds is 6. The number of hydrogen-bond donors (Lipinski definition) is 1. The molecule has 0 atom stereocenters. The van der Waals surface area contributed by atoms with Crippen molar-refractivity contribution in [3.8, 4) is 5.75 Å². The maximum absolute atomic E-state index is 12.5. The van der Waals surface area contributed by atoms with E-state index < -0.39 is 10.0 Å². The Kier molecular flexibility index (Phi) is 4.94. The van der Waals surface area contributed by atoms with Gasteiger partial charge < -0.3 is 9.64 Å². The predicted molar refractivity (Wildman–Crippen MR) is 96.3 cm³/mol. The standard InChI is InChI=1S/C18H22N2O3S/c1-2-23-17-9-5-15(6-10-17)19-24(21,22)18-11-7-16(8-12-18)20-13-3-4-14-20/h5-12,19H,2-4,13-14H2,1H3. The van der Waals surface area contributed by atoms with Gasteiger partial charge in [-0.25, -0.2) is 8.42 Å². The Morgan fingerprint density at radius 3 is 2.21 bits per heavy atom. The summed E-state index contributed by atoms with van der Waals surface area (Å²) in [6.45, 7) is 4.56. The molecule has 0 spiro atoms. The molecule has 0 aromatic heterocycles. The third kappa shape index (κ3) is 3.82. The van der Waals surface area contributed by atoms with Crippen molar-refractivity contribution in [3.05, 3.63) is 48.5 Å². The molecule has 1 N–H and O–H groups in total. The molecule has 1 heterocycles. The van der Waals surface area contributed by atoms with Gasteiger partial charge in [0.05, 0.1) is 11.5 Å². The highest BCUT2D eigenvalue weighted by molar-refractivity contribution is 7.92. The Hall–Kier alpha value is -2.21. The molecule has 2 aromatic carbocycles. The van der Waals surface area contributed by atoms with Crippen molar-refractivity contribution in [2.75, 3.05) is 29.3 Å². The van der Waals surface area contributed by atoms with Crippen LogP contribution >= 0.6 is 0 Å². The van der Waals surface area contributed by atoms with Crippen LogP contribution < -0.4 is 14.4 Å². The van der Waals surface area contributed by atoms with Crippen LogP contribution in [0.3, 0.4) is 0 Å². The molecule has 0 saturated carbocycles. The van der Waals surface area contributed by atoms with Crippen LogP contribution in [0.15, 0.2) is 53.4 Å². The summed E-state index contributed by atoms with van der Waals surface area (Å²) in [4.78, 5) is 2.54. The average molecular weight is 346 g/mol. The van der Waals surface area contributed by atoms with E-state index in [9.17, 15) is 8.42 Å². The zero-order valence-corrected chi connectivity index (χ0v) is 14.6. The lowest BCUT2D eigenvalue weighted by molar-refractivity contribution is 0.340. The molecule has 3 rings (SSSR count). The lowest BCUT2D eigenvalue weighted by Crippen LogP contribution is -2.18. The summed E-state index contributed by atoms with van der Waals surface area (Å²) in [5, 5.41) is 0. The molecule has 0 amide bonds. The van der Waals surface area contributed by atoms with Gasteiger partial charge in [0.2, 0.25) is 0 Å². The molecule has 2 aromatic rings. The second-order valence-electron chi connectivity index (χ2n) is 5.75. The van der Waals surface area contributed by atoms with Crippen molar-refractivity contribution in [1.82, 2.24) is 0 Å². The second kappa shape index (κ2) is 7.13. The number of sulfonamides is 1. The van der Waals surface area contributed by atoms with E-state index in [0.717, 1.165) is 24.5 Å². The van der Waals surface area contributed by atoms with Crippen molar-refractivity contribution in [2.24, 2.45) is 0 Å². The molecule has 0 bridgehead atoms. The van der Waals surface area contributed by atoms with Crippen molar-refractivity contribution >= 4 is 21.4 Å². The Balaban J connectivity index is 1.72. The number of benzene rings is 2. The van der Waals surface area contributed by atoms with Crippen molar-refractivity contribution in [1.29, 1.82) is 0 Å². The maximum atomic E-state index is 12.5. The highest BCUT2D eigenvalue weighted by Gasteiger charge is 2.16. The Bertz CT molecular complexity index is 765. The molecule has 1 saturated heterocycles.